The fraction of sp³-hybridized carbons (Fsp3) is 0. The van der Waals surface area contributed by atoms with E-state index in [9.17, 15) is 0 Å². The summed E-state index contributed by atoms with van der Waals surface area (Å²) in [6.45, 7) is 0. The molecule has 17 heavy (non-hydrogen) atoms. The van der Waals surface area contributed by atoms with Crippen molar-refractivity contribution in [2.75, 3.05) is 0 Å². The van der Waals surface area contributed by atoms with Gasteiger partial charge in [-0.05, 0) is 11.5 Å². The highest BCUT2D eigenvalue weighted by molar-refractivity contribution is 7.09. The van der Waals surface area contributed by atoms with Crippen molar-refractivity contribution >= 4 is 11.5 Å². The van der Waals surface area contributed by atoms with Crippen LogP contribution in [0.4, 0.5) is 0 Å². The number of rotatable bonds is 2. The maximum atomic E-state index is 4.56. The zero-order chi connectivity index (χ0) is 11.5. The van der Waals surface area contributed by atoms with Crippen LogP contribution in [0.5, 0.6) is 0 Å². The Morgan fingerprint density at radius 3 is 1.94 bits per heavy atom. The summed E-state index contributed by atoms with van der Waals surface area (Å²) in [4.78, 5) is 4.56. The van der Waals surface area contributed by atoms with Crippen molar-refractivity contribution in [2.45, 2.75) is 0 Å². The van der Waals surface area contributed by atoms with Gasteiger partial charge in [0.05, 0.1) is 0 Å². The minimum Gasteiger partial charge on any atom is -0.215 e. The number of nitrogens with zero attached hydrogens (tertiary/aromatic N) is 2. The van der Waals surface area contributed by atoms with Crippen molar-refractivity contribution in [3.8, 4) is 22.0 Å². The Bertz CT molecular complexity index is 548. The molecule has 0 bridgehead atoms. The molecular formula is C14H10N2S. The van der Waals surface area contributed by atoms with Gasteiger partial charge in [-0.2, -0.15) is 4.37 Å². The Hall–Kier alpha value is -2.00. The number of hydrogen-bond donors (Lipinski definition) is 0. The quantitative estimate of drug-likeness (QED) is 0.677. The average Bonchev–Trinajstić information content (AvgIpc) is 2.90. The van der Waals surface area contributed by atoms with E-state index in [1.54, 1.807) is 0 Å². The molecule has 0 saturated carbocycles. The molecule has 0 aliphatic heterocycles. The Labute approximate surface area is 104 Å². The van der Waals surface area contributed by atoms with Crippen LogP contribution in [0.3, 0.4) is 0 Å². The van der Waals surface area contributed by atoms with E-state index >= 15 is 0 Å². The minimum absolute atomic E-state index is 0.800. The molecule has 0 fully saturated rings. The van der Waals surface area contributed by atoms with Crippen molar-refractivity contribution in [1.82, 2.24) is 9.36 Å². The largest absolute Gasteiger partial charge is 0.215 e. The predicted molar refractivity (Wildman–Crippen MR) is 70.8 cm³/mol. The molecule has 0 radical (unpaired) electrons. The topological polar surface area (TPSA) is 25.8 Å². The third-order valence-electron chi connectivity index (χ3n) is 2.48. The normalized spacial score (nSPS) is 10.4. The maximum absolute atomic E-state index is 4.56. The molecule has 3 aromatic rings. The molecule has 3 rings (SSSR count). The van der Waals surface area contributed by atoms with Crippen LogP contribution in [0.15, 0.2) is 60.7 Å². The van der Waals surface area contributed by atoms with Crippen molar-refractivity contribution in [3.63, 3.8) is 0 Å². The third-order valence-corrected chi connectivity index (χ3v) is 3.24. The third kappa shape index (κ3) is 2.10. The van der Waals surface area contributed by atoms with Gasteiger partial charge in [0.2, 0.25) is 0 Å². The first-order valence-corrected chi connectivity index (χ1v) is 6.15. The first-order valence-electron chi connectivity index (χ1n) is 5.38. The number of benzene rings is 2. The van der Waals surface area contributed by atoms with Crippen LogP contribution < -0.4 is 0 Å². The van der Waals surface area contributed by atoms with Gasteiger partial charge in [0.25, 0.3) is 0 Å². The predicted octanol–water partition coefficient (Wildman–Crippen LogP) is 3.87. The van der Waals surface area contributed by atoms with Gasteiger partial charge in [-0.25, -0.2) is 4.98 Å². The molecule has 0 amide bonds. The van der Waals surface area contributed by atoms with Gasteiger partial charge in [0.1, 0.15) is 5.01 Å². The van der Waals surface area contributed by atoms with Gasteiger partial charge >= 0.3 is 0 Å². The minimum atomic E-state index is 0.800. The zero-order valence-electron chi connectivity index (χ0n) is 9.08. The second kappa shape index (κ2) is 4.47. The molecule has 0 atom stereocenters. The zero-order valence-corrected chi connectivity index (χ0v) is 9.89. The van der Waals surface area contributed by atoms with Gasteiger partial charge in [-0.15, -0.1) is 0 Å². The van der Waals surface area contributed by atoms with E-state index in [4.69, 9.17) is 0 Å². The van der Waals surface area contributed by atoms with E-state index in [2.05, 4.69) is 21.5 Å². The SMILES string of the molecule is c1ccc(-c2nsc(-c3ccccc3)n2)cc1. The summed E-state index contributed by atoms with van der Waals surface area (Å²) in [5, 5.41) is 0.962. The van der Waals surface area contributed by atoms with Crippen LogP contribution in [0.2, 0.25) is 0 Å². The molecule has 1 heterocycles. The highest BCUT2D eigenvalue weighted by atomic mass is 32.1. The van der Waals surface area contributed by atoms with E-state index in [0.717, 1.165) is 22.0 Å². The molecule has 1 aromatic heterocycles. The van der Waals surface area contributed by atoms with E-state index in [1.807, 2.05) is 48.5 Å². The van der Waals surface area contributed by atoms with Crippen LogP contribution >= 0.6 is 11.5 Å². The summed E-state index contributed by atoms with van der Waals surface area (Å²) in [5.41, 5.74) is 2.18. The molecule has 0 saturated heterocycles. The van der Waals surface area contributed by atoms with Gasteiger partial charge in [0, 0.05) is 11.1 Å². The van der Waals surface area contributed by atoms with Crippen LogP contribution in [0, 0.1) is 0 Å². The van der Waals surface area contributed by atoms with Gasteiger partial charge in [0.15, 0.2) is 5.82 Å². The lowest BCUT2D eigenvalue weighted by molar-refractivity contribution is 1.32. The first-order chi connectivity index (χ1) is 8.43. The lowest BCUT2D eigenvalue weighted by atomic mass is 10.2. The van der Waals surface area contributed by atoms with Crippen molar-refractivity contribution in [1.29, 1.82) is 0 Å². The smallest absolute Gasteiger partial charge is 0.173 e. The summed E-state index contributed by atoms with van der Waals surface area (Å²) >= 11 is 1.44. The molecule has 0 aliphatic carbocycles. The van der Waals surface area contributed by atoms with Crippen molar-refractivity contribution in [2.24, 2.45) is 0 Å². The Balaban J connectivity index is 1.99. The Kier molecular flexibility index (Phi) is 2.68. The van der Waals surface area contributed by atoms with Crippen LogP contribution in [0.1, 0.15) is 0 Å². The molecule has 0 unspecified atom stereocenters. The lowest BCUT2D eigenvalue weighted by Crippen LogP contribution is -1.80. The fourth-order valence-corrected chi connectivity index (χ4v) is 2.31. The maximum Gasteiger partial charge on any atom is 0.173 e. The monoisotopic (exact) mass is 238 g/mol. The highest BCUT2D eigenvalue weighted by Gasteiger charge is 2.07. The van der Waals surface area contributed by atoms with E-state index in [0.29, 0.717) is 0 Å². The molecule has 82 valence electrons. The van der Waals surface area contributed by atoms with Crippen molar-refractivity contribution in [3.05, 3.63) is 60.7 Å². The van der Waals surface area contributed by atoms with Crippen molar-refractivity contribution < 1.29 is 0 Å². The van der Waals surface area contributed by atoms with E-state index in [-0.39, 0.29) is 0 Å². The summed E-state index contributed by atoms with van der Waals surface area (Å²) in [6.07, 6.45) is 0. The van der Waals surface area contributed by atoms with Gasteiger partial charge in [-0.1, -0.05) is 60.7 Å². The lowest BCUT2D eigenvalue weighted by Gasteiger charge is -1.93. The van der Waals surface area contributed by atoms with E-state index in [1.165, 1.54) is 11.5 Å². The van der Waals surface area contributed by atoms with E-state index < -0.39 is 0 Å². The second-order valence-electron chi connectivity index (χ2n) is 3.66. The van der Waals surface area contributed by atoms with Gasteiger partial charge in [-0.3, -0.25) is 0 Å². The second-order valence-corrected chi connectivity index (χ2v) is 4.41. The summed E-state index contributed by atoms with van der Waals surface area (Å²) in [7, 11) is 0. The molecule has 2 aromatic carbocycles. The Morgan fingerprint density at radius 1 is 0.706 bits per heavy atom. The summed E-state index contributed by atoms with van der Waals surface area (Å²) in [6, 6.07) is 20.2. The summed E-state index contributed by atoms with van der Waals surface area (Å²) < 4.78 is 4.39. The molecule has 0 N–H and O–H groups in total. The average molecular weight is 238 g/mol. The highest BCUT2D eigenvalue weighted by Crippen LogP contribution is 2.25. The standard InChI is InChI=1S/C14H10N2S/c1-3-7-11(8-4-1)13-15-14(17-16-13)12-9-5-2-6-10-12/h1-10H. The number of hydrogen-bond acceptors (Lipinski definition) is 3. The van der Waals surface area contributed by atoms with Crippen LogP contribution in [0.25, 0.3) is 22.0 Å². The van der Waals surface area contributed by atoms with Crippen LogP contribution in [-0.4, -0.2) is 9.36 Å². The number of aromatic nitrogens is 2. The van der Waals surface area contributed by atoms with Gasteiger partial charge < -0.3 is 0 Å². The molecular weight excluding hydrogens is 228 g/mol. The molecule has 0 aliphatic rings. The first kappa shape index (κ1) is 10.2. The summed E-state index contributed by atoms with van der Waals surface area (Å²) in [5.74, 6) is 0.800. The van der Waals surface area contributed by atoms with Crippen LogP contribution in [-0.2, 0) is 0 Å². The fourth-order valence-electron chi connectivity index (χ4n) is 1.63. The Morgan fingerprint density at radius 2 is 1.29 bits per heavy atom. The molecule has 2 nitrogen and oxygen atoms in total. The molecule has 3 heteroatoms. The molecule has 0 spiro atoms.